The van der Waals surface area contributed by atoms with Crippen molar-refractivity contribution >= 4 is 29.2 Å². The molecule has 3 amide bonds. The van der Waals surface area contributed by atoms with Gasteiger partial charge in [-0.3, -0.25) is 14.4 Å². The molecule has 0 radical (unpaired) electrons. The summed E-state index contributed by atoms with van der Waals surface area (Å²) in [5.74, 6) is -0.336. The Hall–Kier alpha value is -3.22. The van der Waals surface area contributed by atoms with Gasteiger partial charge in [0.2, 0.25) is 11.8 Å². The van der Waals surface area contributed by atoms with Gasteiger partial charge in [-0.15, -0.1) is 0 Å². The Bertz CT molecular complexity index is 834. The first-order valence-electron chi connectivity index (χ1n) is 8.87. The predicted octanol–water partition coefficient (Wildman–Crippen LogP) is 2.53. The van der Waals surface area contributed by atoms with Crippen molar-refractivity contribution in [2.75, 3.05) is 17.2 Å². The van der Waals surface area contributed by atoms with Gasteiger partial charge >= 0.3 is 0 Å². The number of nitrogens with one attached hydrogen (secondary N) is 2. The highest BCUT2D eigenvalue weighted by Gasteiger charge is 2.35. The molecule has 0 aliphatic carbocycles. The zero-order valence-electron chi connectivity index (χ0n) is 15.3. The fourth-order valence-corrected chi connectivity index (χ4v) is 2.98. The predicted molar refractivity (Wildman–Crippen MR) is 102 cm³/mol. The van der Waals surface area contributed by atoms with Crippen molar-refractivity contribution in [1.82, 2.24) is 9.88 Å². The number of hydrogen-bond acceptors (Lipinski definition) is 4. The average molecular weight is 366 g/mol. The van der Waals surface area contributed by atoms with Gasteiger partial charge in [0, 0.05) is 36.5 Å². The molecule has 1 aliphatic rings. The maximum atomic E-state index is 12.4. The molecule has 1 atom stereocenters. The first kappa shape index (κ1) is 18.6. The molecule has 1 aliphatic heterocycles. The Kier molecular flexibility index (Phi) is 5.49. The lowest BCUT2D eigenvalue weighted by Crippen LogP contribution is -2.33. The van der Waals surface area contributed by atoms with Crippen LogP contribution in [0.15, 0.2) is 48.7 Å². The molecule has 27 heavy (non-hydrogen) atoms. The molecule has 0 saturated carbocycles. The topological polar surface area (TPSA) is 91.4 Å². The molecule has 0 spiro atoms. The van der Waals surface area contributed by atoms with E-state index in [1.165, 1.54) is 0 Å². The molecule has 1 saturated heterocycles. The van der Waals surface area contributed by atoms with E-state index in [4.69, 9.17) is 0 Å². The zero-order chi connectivity index (χ0) is 19.4. The van der Waals surface area contributed by atoms with Crippen LogP contribution in [-0.4, -0.2) is 40.2 Å². The lowest BCUT2D eigenvalue weighted by atomic mass is 10.1. The van der Waals surface area contributed by atoms with Gasteiger partial charge in [0.1, 0.15) is 5.82 Å². The van der Waals surface area contributed by atoms with Crippen LogP contribution in [0.5, 0.6) is 0 Å². The van der Waals surface area contributed by atoms with Crippen LogP contribution >= 0.6 is 0 Å². The lowest BCUT2D eigenvalue weighted by Gasteiger charge is -2.20. The zero-order valence-corrected chi connectivity index (χ0v) is 15.3. The van der Waals surface area contributed by atoms with Gasteiger partial charge in [-0.2, -0.15) is 0 Å². The second-order valence-electron chi connectivity index (χ2n) is 6.78. The van der Waals surface area contributed by atoms with Gasteiger partial charge in [0.25, 0.3) is 5.91 Å². The van der Waals surface area contributed by atoms with E-state index in [0.717, 1.165) is 0 Å². The number of amides is 3. The Balaban J connectivity index is 1.58. The number of hydrogen-bond donors (Lipinski definition) is 2. The van der Waals surface area contributed by atoms with E-state index in [1.807, 2.05) is 13.8 Å². The van der Waals surface area contributed by atoms with Crippen molar-refractivity contribution in [3.63, 3.8) is 0 Å². The number of benzene rings is 1. The van der Waals surface area contributed by atoms with Gasteiger partial charge in [-0.1, -0.05) is 6.07 Å². The van der Waals surface area contributed by atoms with Gasteiger partial charge in [-0.05, 0) is 50.2 Å². The van der Waals surface area contributed by atoms with Crippen LogP contribution in [0.2, 0.25) is 0 Å². The van der Waals surface area contributed by atoms with Crippen LogP contribution in [0.4, 0.5) is 11.5 Å². The van der Waals surface area contributed by atoms with Crippen molar-refractivity contribution in [3.05, 3.63) is 54.2 Å². The van der Waals surface area contributed by atoms with E-state index in [-0.39, 0.29) is 36.1 Å². The quantitative estimate of drug-likeness (QED) is 0.851. The highest BCUT2D eigenvalue weighted by atomic mass is 16.2. The SMILES string of the molecule is CC(C)N1CC(C(=O)Nc2ccc(C(=O)Nc3ccccn3)cc2)CC1=O. The number of carbonyl (C=O) groups excluding carboxylic acids is 3. The molecule has 1 aromatic carbocycles. The number of nitrogens with zero attached hydrogens (tertiary/aromatic N) is 2. The van der Waals surface area contributed by atoms with Crippen LogP contribution in [0, 0.1) is 5.92 Å². The van der Waals surface area contributed by atoms with Gasteiger partial charge in [-0.25, -0.2) is 4.98 Å². The second-order valence-corrected chi connectivity index (χ2v) is 6.78. The Morgan fingerprint density at radius 3 is 2.44 bits per heavy atom. The summed E-state index contributed by atoms with van der Waals surface area (Å²) >= 11 is 0. The molecule has 2 N–H and O–H groups in total. The largest absolute Gasteiger partial charge is 0.339 e. The first-order valence-corrected chi connectivity index (χ1v) is 8.87. The third kappa shape index (κ3) is 4.49. The molecular weight excluding hydrogens is 344 g/mol. The van der Waals surface area contributed by atoms with Crippen LogP contribution in [-0.2, 0) is 9.59 Å². The van der Waals surface area contributed by atoms with Gasteiger partial charge in [0.15, 0.2) is 0 Å². The summed E-state index contributed by atoms with van der Waals surface area (Å²) in [5, 5.41) is 5.52. The molecule has 2 aromatic rings. The standard InChI is InChI=1S/C20H22N4O3/c1-13(2)24-12-15(11-18(24)25)20(27)22-16-8-6-14(7-9-16)19(26)23-17-5-3-4-10-21-17/h3-10,13,15H,11-12H2,1-2H3,(H,22,27)(H,21,23,26). The molecule has 0 bridgehead atoms. The highest BCUT2D eigenvalue weighted by Crippen LogP contribution is 2.22. The Morgan fingerprint density at radius 2 is 1.85 bits per heavy atom. The summed E-state index contributed by atoms with van der Waals surface area (Å²) in [5.41, 5.74) is 1.05. The van der Waals surface area contributed by atoms with Crippen LogP contribution < -0.4 is 10.6 Å². The molecule has 7 heteroatoms. The number of likely N-dealkylation sites (tertiary alicyclic amines) is 1. The van der Waals surface area contributed by atoms with E-state index in [9.17, 15) is 14.4 Å². The van der Waals surface area contributed by atoms with Crippen molar-refractivity contribution < 1.29 is 14.4 Å². The summed E-state index contributed by atoms with van der Waals surface area (Å²) in [6, 6.07) is 12.0. The first-order chi connectivity index (χ1) is 12.9. The van der Waals surface area contributed by atoms with Crippen LogP contribution in [0.1, 0.15) is 30.6 Å². The van der Waals surface area contributed by atoms with Crippen molar-refractivity contribution in [2.24, 2.45) is 5.92 Å². The number of carbonyl (C=O) groups is 3. The summed E-state index contributed by atoms with van der Waals surface area (Å²) in [6.07, 6.45) is 1.83. The molecule has 1 unspecified atom stereocenters. The third-order valence-corrected chi connectivity index (χ3v) is 4.47. The van der Waals surface area contributed by atoms with E-state index in [2.05, 4.69) is 15.6 Å². The smallest absolute Gasteiger partial charge is 0.256 e. The van der Waals surface area contributed by atoms with E-state index in [0.29, 0.717) is 23.6 Å². The molecule has 1 aromatic heterocycles. The van der Waals surface area contributed by atoms with Crippen LogP contribution in [0.25, 0.3) is 0 Å². The number of rotatable bonds is 5. The van der Waals surface area contributed by atoms with E-state index < -0.39 is 0 Å². The van der Waals surface area contributed by atoms with E-state index in [1.54, 1.807) is 53.6 Å². The van der Waals surface area contributed by atoms with Crippen molar-refractivity contribution in [3.8, 4) is 0 Å². The average Bonchev–Trinajstić information content (AvgIpc) is 3.05. The maximum absolute atomic E-state index is 12.4. The minimum atomic E-state index is -0.355. The fourth-order valence-electron chi connectivity index (χ4n) is 2.98. The Morgan fingerprint density at radius 1 is 1.11 bits per heavy atom. The van der Waals surface area contributed by atoms with Gasteiger partial charge in [0.05, 0.1) is 5.92 Å². The molecular formula is C20H22N4O3. The Labute approximate surface area is 157 Å². The molecule has 7 nitrogen and oxygen atoms in total. The van der Waals surface area contributed by atoms with Crippen molar-refractivity contribution in [1.29, 1.82) is 0 Å². The molecule has 3 rings (SSSR count). The maximum Gasteiger partial charge on any atom is 0.256 e. The highest BCUT2D eigenvalue weighted by molar-refractivity contribution is 6.04. The normalized spacial score (nSPS) is 16.5. The molecule has 140 valence electrons. The van der Waals surface area contributed by atoms with Crippen LogP contribution in [0.3, 0.4) is 0 Å². The minimum Gasteiger partial charge on any atom is -0.339 e. The fraction of sp³-hybridized carbons (Fsp3) is 0.300. The minimum absolute atomic E-state index is 0.00619. The number of anilines is 2. The number of pyridine rings is 1. The summed E-state index contributed by atoms with van der Waals surface area (Å²) in [4.78, 5) is 42.3. The monoisotopic (exact) mass is 366 g/mol. The summed E-state index contributed by atoms with van der Waals surface area (Å²) in [7, 11) is 0. The second kappa shape index (κ2) is 7.99. The molecule has 2 heterocycles. The van der Waals surface area contributed by atoms with Crippen molar-refractivity contribution in [2.45, 2.75) is 26.3 Å². The van der Waals surface area contributed by atoms with E-state index >= 15 is 0 Å². The third-order valence-electron chi connectivity index (χ3n) is 4.47. The summed E-state index contributed by atoms with van der Waals surface area (Å²) < 4.78 is 0. The summed E-state index contributed by atoms with van der Waals surface area (Å²) in [6.45, 7) is 4.31. The number of aromatic nitrogens is 1. The lowest BCUT2D eigenvalue weighted by molar-refractivity contribution is -0.129. The van der Waals surface area contributed by atoms with Gasteiger partial charge < -0.3 is 15.5 Å². The molecule has 1 fully saturated rings.